The van der Waals surface area contributed by atoms with Crippen LogP contribution in [0.3, 0.4) is 0 Å². The van der Waals surface area contributed by atoms with Gasteiger partial charge in [-0.1, -0.05) is 36.4 Å². The first-order valence-corrected chi connectivity index (χ1v) is 10.3. The Balaban J connectivity index is 1.51. The zero-order valence-electron chi connectivity index (χ0n) is 16.4. The van der Waals surface area contributed by atoms with Gasteiger partial charge in [0.1, 0.15) is 18.2 Å². The number of alkyl halides is 3. The van der Waals surface area contributed by atoms with Crippen LogP contribution in [-0.4, -0.2) is 4.98 Å². The van der Waals surface area contributed by atoms with E-state index in [1.54, 1.807) is 18.2 Å². The second kappa shape index (κ2) is 8.51. The van der Waals surface area contributed by atoms with Gasteiger partial charge in [-0.15, -0.1) is 11.3 Å². The average molecular weight is 443 g/mol. The van der Waals surface area contributed by atoms with Crippen molar-refractivity contribution in [3.63, 3.8) is 0 Å². The second-order valence-electron chi connectivity index (χ2n) is 6.92. The number of halogens is 4. The average Bonchev–Trinajstić information content (AvgIpc) is 3.18. The third-order valence-corrected chi connectivity index (χ3v) is 5.54. The van der Waals surface area contributed by atoms with Crippen molar-refractivity contribution in [2.45, 2.75) is 19.7 Å². The molecule has 0 atom stereocenters. The standard InChI is InChI=1S/C24H17F4NOS/c1-15-29-22(14-31-15)20-4-2-3-5-23(20)30-13-18-7-6-17(12-21(18)25)16-8-10-19(11-9-16)24(26,27)28/h2-12,14H,13H2,1H3. The van der Waals surface area contributed by atoms with Crippen molar-refractivity contribution in [2.75, 3.05) is 0 Å². The summed E-state index contributed by atoms with van der Waals surface area (Å²) < 4.78 is 58.7. The maximum atomic E-state index is 14.7. The summed E-state index contributed by atoms with van der Waals surface area (Å²) in [5.74, 6) is 0.110. The Bertz CT molecular complexity index is 1200. The molecule has 0 radical (unpaired) electrons. The summed E-state index contributed by atoms with van der Waals surface area (Å²) in [6.45, 7) is 1.94. The summed E-state index contributed by atoms with van der Waals surface area (Å²) in [5.41, 5.74) is 2.23. The molecule has 4 aromatic rings. The highest BCUT2D eigenvalue weighted by Gasteiger charge is 2.30. The van der Waals surface area contributed by atoms with Gasteiger partial charge in [-0.05, 0) is 48.4 Å². The molecule has 3 aromatic carbocycles. The van der Waals surface area contributed by atoms with Crippen LogP contribution < -0.4 is 4.74 Å². The quantitative estimate of drug-likeness (QED) is 0.298. The lowest BCUT2D eigenvalue weighted by Crippen LogP contribution is -2.04. The molecule has 0 aliphatic heterocycles. The Kier molecular flexibility index (Phi) is 5.78. The van der Waals surface area contributed by atoms with Crippen LogP contribution in [0.5, 0.6) is 5.75 Å². The van der Waals surface area contributed by atoms with Gasteiger partial charge in [0.25, 0.3) is 0 Å². The number of hydrogen-bond acceptors (Lipinski definition) is 3. The number of hydrogen-bond donors (Lipinski definition) is 0. The highest BCUT2D eigenvalue weighted by molar-refractivity contribution is 7.09. The topological polar surface area (TPSA) is 22.1 Å². The van der Waals surface area contributed by atoms with Gasteiger partial charge >= 0.3 is 6.18 Å². The van der Waals surface area contributed by atoms with E-state index < -0.39 is 17.6 Å². The molecule has 0 aliphatic carbocycles. The van der Waals surface area contributed by atoms with Crippen molar-refractivity contribution in [3.05, 3.63) is 94.1 Å². The number of thiazole rings is 1. The molecule has 7 heteroatoms. The molecule has 1 aromatic heterocycles. The number of rotatable bonds is 5. The maximum absolute atomic E-state index is 14.7. The first-order valence-electron chi connectivity index (χ1n) is 9.41. The molecule has 4 rings (SSSR count). The van der Waals surface area contributed by atoms with Crippen molar-refractivity contribution in [1.82, 2.24) is 4.98 Å². The van der Waals surface area contributed by atoms with Gasteiger partial charge in [0.15, 0.2) is 0 Å². The number of aryl methyl sites for hydroxylation is 1. The van der Waals surface area contributed by atoms with Gasteiger partial charge in [0.05, 0.1) is 16.3 Å². The van der Waals surface area contributed by atoms with E-state index in [-0.39, 0.29) is 6.61 Å². The maximum Gasteiger partial charge on any atom is 0.416 e. The number of ether oxygens (including phenoxy) is 1. The lowest BCUT2D eigenvalue weighted by molar-refractivity contribution is -0.137. The molecule has 0 bridgehead atoms. The number of para-hydroxylation sites is 1. The summed E-state index contributed by atoms with van der Waals surface area (Å²) in [6, 6.07) is 16.6. The van der Waals surface area contributed by atoms with Crippen LogP contribution >= 0.6 is 11.3 Å². The highest BCUT2D eigenvalue weighted by Crippen LogP contribution is 2.33. The van der Waals surface area contributed by atoms with Crippen LogP contribution in [0.25, 0.3) is 22.4 Å². The number of benzene rings is 3. The smallest absolute Gasteiger partial charge is 0.416 e. The predicted molar refractivity (Wildman–Crippen MR) is 113 cm³/mol. The van der Waals surface area contributed by atoms with Crippen molar-refractivity contribution in [1.29, 1.82) is 0 Å². The Labute approximate surface area is 180 Å². The monoisotopic (exact) mass is 443 g/mol. The van der Waals surface area contributed by atoms with Crippen molar-refractivity contribution < 1.29 is 22.3 Å². The third kappa shape index (κ3) is 4.77. The molecule has 158 valence electrons. The van der Waals surface area contributed by atoms with E-state index in [0.717, 1.165) is 28.4 Å². The highest BCUT2D eigenvalue weighted by atomic mass is 32.1. The van der Waals surface area contributed by atoms with Crippen LogP contribution in [-0.2, 0) is 12.8 Å². The van der Waals surface area contributed by atoms with E-state index in [1.165, 1.54) is 29.5 Å². The van der Waals surface area contributed by atoms with Gasteiger partial charge in [-0.25, -0.2) is 9.37 Å². The van der Waals surface area contributed by atoms with E-state index in [2.05, 4.69) is 4.98 Å². The summed E-state index contributed by atoms with van der Waals surface area (Å²) in [7, 11) is 0. The lowest BCUT2D eigenvalue weighted by atomic mass is 10.0. The summed E-state index contributed by atoms with van der Waals surface area (Å²) in [4.78, 5) is 4.47. The Hall–Kier alpha value is -3.19. The van der Waals surface area contributed by atoms with Gasteiger partial charge < -0.3 is 4.74 Å². The molecule has 1 heterocycles. The molecule has 0 saturated heterocycles. The summed E-state index contributed by atoms with van der Waals surface area (Å²) >= 11 is 1.54. The van der Waals surface area contributed by atoms with Crippen molar-refractivity contribution in [3.8, 4) is 28.1 Å². The molecule has 0 N–H and O–H groups in total. The molecule has 31 heavy (non-hydrogen) atoms. The second-order valence-corrected chi connectivity index (χ2v) is 7.98. The van der Waals surface area contributed by atoms with Crippen LogP contribution in [0, 0.1) is 12.7 Å². The predicted octanol–water partition coefficient (Wildman–Crippen LogP) is 7.52. The molecule has 0 unspecified atom stereocenters. The normalized spacial score (nSPS) is 11.5. The fourth-order valence-corrected chi connectivity index (χ4v) is 3.76. The third-order valence-electron chi connectivity index (χ3n) is 4.76. The minimum atomic E-state index is -4.40. The largest absolute Gasteiger partial charge is 0.488 e. The Morgan fingerprint density at radius 1 is 0.935 bits per heavy atom. The fourth-order valence-electron chi connectivity index (χ4n) is 3.14. The number of aromatic nitrogens is 1. The SMILES string of the molecule is Cc1nc(-c2ccccc2OCc2ccc(-c3ccc(C(F)(F)F)cc3)cc2F)cs1. The van der Waals surface area contributed by atoms with E-state index >= 15 is 0 Å². The fraction of sp³-hybridized carbons (Fsp3) is 0.125. The Morgan fingerprint density at radius 2 is 1.65 bits per heavy atom. The molecule has 2 nitrogen and oxygen atoms in total. The Morgan fingerprint density at radius 3 is 2.29 bits per heavy atom. The molecule has 0 amide bonds. The van der Waals surface area contributed by atoms with Crippen LogP contribution in [0.15, 0.2) is 72.1 Å². The first-order chi connectivity index (χ1) is 14.8. The van der Waals surface area contributed by atoms with Gasteiger partial charge in [0.2, 0.25) is 0 Å². The van der Waals surface area contributed by atoms with E-state index in [4.69, 9.17) is 4.74 Å². The van der Waals surface area contributed by atoms with E-state index in [1.807, 2.05) is 30.5 Å². The molecule has 0 aliphatic rings. The van der Waals surface area contributed by atoms with Crippen LogP contribution in [0.1, 0.15) is 16.1 Å². The van der Waals surface area contributed by atoms with Crippen LogP contribution in [0.2, 0.25) is 0 Å². The minimum Gasteiger partial charge on any atom is -0.488 e. The molecule has 0 fully saturated rings. The lowest BCUT2D eigenvalue weighted by Gasteiger charge is -2.12. The molecule has 0 saturated carbocycles. The van der Waals surface area contributed by atoms with Crippen LogP contribution in [0.4, 0.5) is 17.6 Å². The number of nitrogens with zero attached hydrogens (tertiary/aromatic N) is 1. The van der Waals surface area contributed by atoms with Gasteiger partial charge in [-0.2, -0.15) is 13.2 Å². The van der Waals surface area contributed by atoms with Gasteiger partial charge in [-0.3, -0.25) is 0 Å². The molecular formula is C24H17F4NOS. The molecular weight excluding hydrogens is 426 g/mol. The van der Waals surface area contributed by atoms with E-state index in [9.17, 15) is 17.6 Å². The van der Waals surface area contributed by atoms with E-state index in [0.29, 0.717) is 22.4 Å². The van der Waals surface area contributed by atoms with Crippen molar-refractivity contribution >= 4 is 11.3 Å². The first kappa shape index (κ1) is 21.1. The molecule has 0 spiro atoms. The van der Waals surface area contributed by atoms with Gasteiger partial charge in [0, 0.05) is 16.5 Å². The minimum absolute atomic E-state index is 0.0132. The zero-order chi connectivity index (χ0) is 22.0. The summed E-state index contributed by atoms with van der Waals surface area (Å²) in [6.07, 6.45) is -4.40. The zero-order valence-corrected chi connectivity index (χ0v) is 17.2. The summed E-state index contributed by atoms with van der Waals surface area (Å²) in [5, 5.41) is 2.88. The van der Waals surface area contributed by atoms with Crippen molar-refractivity contribution in [2.24, 2.45) is 0 Å².